The van der Waals surface area contributed by atoms with Crippen molar-refractivity contribution < 1.29 is 33.5 Å². The van der Waals surface area contributed by atoms with Gasteiger partial charge in [-0.1, -0.05) is 6.07 Å². The fraction of sp³-hybridized carbons (Fsp3) is 0.318. The number of methoxy groups -OCH3 is 2. The number of nitro benzene ring substituents is 1. The molecule has 2 amide bonds. The Balaban J connectivity index is 1.58. The fourth-order valence-electron chi connectivity index (χ4n) is 3.44. The Hall–Kier alpha value is -4.15. The quantitative estimate of drug-likeness (QED) is 0.363. The first-order chi connectivity index (χ1) is 15.7. The van der Waals surface area contributed by atoms with Gasteiger partial charge >= 0.3 is 5.97 Å². The molecule has 1 heterocycles. The van der Waals surface area contributed by atoms with Crippen molar-refractivity contribution >= 4 is 34.8 Å². The third-order valence-electron chi connectivity index (χ3n) is 5.17. The van der Waals surface area contributed by atoms with E-state index in [1.807, 2.05) is 0 Å². The summed E-state index contributed by atoms with van der Waals surface area (Å²) in [6.45, 7) is 1.07. The molecule has 174 valence electrons. The fourth-order valence-corrected chi connectivity index (χ4v) is 3.44. The number of nitrogens with zero attached hydrogens (tertiary/aromatic N) is 2. The zero-order chi connectivity index (χ0) is 24.1. The van der Waals surface area contributed by atoms with Crippen LogP contribution < -0.4 is 19.7 Å². The number of rotatable bonds is 8. The van der Waals surface area contributed by atoms with Gasteiger partial charge in [-0.25, -0.2) is 0 Å². The Morgan fingerprint density at radius 3 is 2.61 bits per heavy atom. The minimum Gasteiger partial charge on any atom is -0.497 e. The van der Waals surface area contributed by atoms with Gasteiger partial charge in [0.05, 0.1) is 30.7 Å². The molecule has 1 N–H and O–H groups in total. The standard InChI is InChI=1S/C22H23N3O8/c1-13-4-5-15(9-18(13)25(29)30)23-20(26)12-33-22(28)14-8-21(27)24(11-14)17-7-6-16(31-2)10-19(17)32-3/h4-7,9-10,14H,8,11-12H2,1-3H3,(H,23,26)/t14-/m0/s1. The number of benzene rings is 2. The van der Waals surface area contributed by atoms with E-state index in [9.17, 15) is 24.5 Å². The van der Waals surface area contributed by atoms with Gasteiger partial charge in [0.25, 0.3) is 11.6 Å². The van der Waals surface area contributed by atoms with Gasteiger partial charge in [0, 0.05) is 36.3 Å². The molecule has 1 fully saturated rings. The van der Waals surface area contributed by atoms with Crippen molar-refractivity contribution in [3.8, 4) is 11.5 Å². The SMILES string of the molecule is COc1ccc(N2C[C@@H](C(=O)OCC(=O)Nc3ccc(C)c([N+](=O)[O-])c3)CC2=O)c(OC)c1. The van der Waals surface area contributed by atoms with Crippen LogP contribution in [0.4, 0.5) is 17.1 Å². The van der Waals surface area contributed by atoms with Crippen molar-refractivity contribution in [1.82, 2.24) is 0 Å². The summed E-state index contributed by atoms with van der Waals surface area (Å²) in [6, 6.07) is 9.22. The Morgan fingerprint density at radius 1 is 1.18 bits per heavy atom. The molecule has 0 aromatic heterocycles. The van der Waals surface area contributed by atoms with Gasteiger partial charge in [-0.3, -0.25) is 24.5 Å². The lowest BCUT2D eigenvalue weighted by Gasteiger charge is -2.20. The molecule has 0 saturated carbocycles. The highest BCUT2D eigenvalue weighted by molar-refractivity contribution is 6.01. The molecule has 1 aliphatic rings. The van der Waals surface area contributed by atoms with Crippen molar-refractivity contribution in [3.05, 3.63) is 52.1 Å². The Labute approximate surface area is 189 Å². The lowest BCUT2D eigenvalue weighted by molar-refractivity contribution is -0.385. The maximum atomic E-state index is 12.5. The predicted molar refractivity (Wildman–Crippen MR) is 117 cm³/mol. The van der Waals surface area contributed by atoms with E-state index in [1.165, 1.54) is 37.3 Å². The maximum Gasteiger partial charge on any atom is 0.311 e. The van der Waals surface area contributed by atoms with Gasteiger partial charge in [0.2, 0.25) is 5.91 Å². The third-order valence-corrected chi connectivity index (χ3v) is 5.17. The molecular formula is C22H23N3O8. The van der Waals surface area contributed by atoms with Gasteiger partial charge < -0.3 is 24.4 Å². The second-order valence-electron chi connectivity index (χ2n) is 7.36. The third kappa shape index (κ3) is 5.37. The number of ether oxygens (including phenoxy) is 3. The highest BCUT2D eigenvalue weighted by Crippen LogP contribution is 2.36. The topological polar surface area (TPSA) is 137 Å². The van der Waals surface area contributed by atoms with Crippen LogP contribution in [-0.4, -0.2) is 50.1 Å². The number of carbonyl (C=O) groups excluding carboxylic acids is 3. The van der Waals surface area contributed by atoms with Crippen LogP contribution in [0.3, 0.4) is 0 Å². The largest absolute Gasteiger partial charge is 0.497 e. The summed E-state index contributed by atoms with van der Waals surface area (Å²) in [4.78, 5) is 49.0. The molecule has 0 bridgehead atoms. The van der Waals surface area contributed by atoms with Crippen LogP contribution in [0.15, 0.2) is 36.4 Å². The number of amides is 2. The van der Waals surface area contributed by atoms with Gasteiger partial charge in [-0.2, -0.15) is 0 Å². The minimum absolute atomic E-state index is 0.0697. The smallest absolute Gasteiger partial charge is 0.311 e. The minimum atomic E-state index is -0.752. The van der Waals surface area contributed by atoms with Crippen LogP contribution in [0.1, 0.15) is 12.0 Å². The summed E-state index contributed by atoms with van der Waals surface area (Å²) in [5.74, 6) is -1.40. The van der Waals surface area contributed by atoms with Crippen LogP contribution in [0.2, 0.25) is 0 Å². The number of anilines is 2. The second kappa shape index (κ2) is 9.98. The van der Waals surface area contributed by atoms with Crippen LogP contribution in [0, 0.1) is 23.0 Å². The van der Waals surface area contributed by atoms with E-state index in [0.717, 1.165) is 0 Å². The average molecular weight is 457 g/mol. The molecule has 2 aromatic carbocycles. The van der Waals surface area contributed by atoms with E-state index in [0.29, 0.717) is 22.7 Å². The van der Waals surface area contributed by atoms with Crippen molar-refractivity contribution in [2.24, 2.45) is 5.92 Å². The van der Waals surface area contributed by atoms with Crippen LogP contribution in [0.5, 0.6) is 11.5 Å². The number of nitrogens with one attached hydrogen (secondary N) is 1. The van der Waals surface area contributed by atoms with Crippen LogP contribution >= 0.6 is 0 Å². The molecule has 0 unspecified atom stereocenters. The van der Waals surface area contributed by atoms with Crippen molar-refractivity contribution in [2.75, 3.05) is 37.6 Å². The number of hydrogen-bond donors (Lipinski definition) is 1. The lowest BCUT2D eigenvalue weighted by Crippen LogP contribution is -2.28. The average Bonchev–Trinajstić information content (AvgIpc) is 3.19. The van der Waals surface area contributed by atoms with Gasteiger partial charge in [0.1, 0.15) is 11.5 Å². The Morgan fingerprint density at radius 2 is 1.94 bits per heavy atom. The van der Waals surface area contributed by atoms with E-state index in [1.54, 1.807) is 25.1 Å². The molecule has 0 radical (unpaired) electrons. The molecule has 11 nitrogen and oxygen atoms in total. The summed E-state index contributed by atoms with van der Waals surface area (Å²) in [5.41, 5.74) is 1.02. The first-order valence-electron chi connectivity index (χ1n) is 9.97. The maximum absolute atomic E-state index is 12.5. The van der Waals surface area contributed by atoms with Gasteiger partial charge in [0.15, 0.2) is 6.61 Å². The highest BCUT2D eigenvalue weighted by atomic mass is 16.6. The summed E-state index contributed by atoms with van der Waals surface area (Å²) in [7, 11) is 2.98. The number of aryl methyl sites for hydroxylation is 1. The molecule has 2 aromatic rings. The van der Waals surface area contributed by atoms with E-state index in [2.05, 4.69) is 5.32 Å². The Bertz CT molecular complexity index is 1100. The summed E-state index contributed by atoms with van der Waals surface area (Å²) >= 11 is 0. The second-order valence-corrected chi connectivity index (χ2v) is 7.36. The lowest BCUT2D eigenvalue weighted by atomic mass is 10.1. The Kier molecular flexibility index (Phi) is 7.11. The summed E-state index contributed by atoms with van der Waals surface area (Å²) < 4.78 is 15.5. The molecule has 0 aliphatic carbocycles. The molecule has 1 atom stereocenters. The normalized spacial score (nSPS) is 15.2. The van der Waals surface area contributed by atoms with E-state index in [4.69, 9.17) is 14.2 Å². The van der Waals surface area contributed by atoms with E-state index >= 15 is 0 Å². The predicted octanol–water partition coefficient (Wildman–Crippen LogP) is 2.46. The molecule has 1 aliphatic heterocycles. The molecule has 0 spiro atoms. The van der Waals surface area contributed by atoms with E-state index < -0.39 is 29.3 Å². The van der Waals surface area contributed by atoms with Crippen LogP contribution in [0.25, 0.3) is 0 Å². The first-order valence-corrected chi connectivity index (χ1v) is 9.97. The van der Waals surface area contributed by atoms with Crippen molar-refractivity contribution in [2.45, 2.75) is 13.3 Å². The van der Waals surface area contributed by atoms with Crippen molar-refractivity contribution in [1.29, 1.82) is 0 Å². The molecule has 3 rings (SSSR count). The number of hydrogen-bond acceptors (Lipinski definition) is 8. The molecular weight excluding hydrogens is 434 g/mol. The number of carbonyl (C=O) groups is 3. The highest BCUT2D eigenvalue weighted by Gasteiger charge is 2.37. The summed E-state index contributed by atoms with van der Waals surface area (Å²) in [5, 5.41) is 13.5. The zero-order valence-electron chi connectivity index (χ0n) is 18.3. The van der Waals surface area contributed by atoms with Crippen molar-refractivity contribution in [3.63, 3.8) is 0 Å². The van der Waals surface area contributed by atoms with Gasteiger partial charge in [-0.15, -0.1) is 0 Å². The zero-order valence-corrected chi connectivity index (χ0v) is 18.3. The van der Waals surface area contributed by atoms with E-state index in [-0.39, 0.29) is 30.2 Å². The number of esters is 1. The number of nitro groups is 1. The first kappa shape index (κ1) is 23.5. The van der Waals surface area contributed by atoms with Crippen LogP contribution in [-0.2, 0) is 19.1 Å². The molecule has 1 saturated heterocycles. The van der Waals surface area contributed by atoms with Gasteiger partial charge in [-0.05, 0) is 25.1 Å². The molecule has 33 heavy (non-hydrogen) atoms. The summed E-state index contributed by atoms with van der Waals surface area (Å²) in [6.07, 6.45) is -0.0697. The monoisotopic (exact) mass is 457 g/mol. The molecule has 11 heteroatoms.